The molecule has 3 aliphatic heterocycles. The molecule has 2 saturated carbocycles. The lowest BCUT2D eigenvalue weighted by Gasteiger charge is -2.49. The van der Waals surface area contributed by atoms with E-state index in [-0.39, 0.29) is 24.4 Å². The van der Waals surface area contributed by atoms with Gasteiger partial charge in [-0.1, -0.05) is 0 Å². The Morgan fingerprint density at radius 2 is 1.24 bits per heavy atom. The van der Waals surface area contributed by atoms with Gasteiger partial charge in [-0.15, -0.1) is 0 Å². The van der Waals surface area contributed by atoms with Crippen molar-refractivity contribution in [3.8, 4) is 0 Å². The lowest BCUT2D eigenvalue weighted by molar-refractivity contribution is -0.385. The van der Waals surface area contributed by atoms with Crippen molar-refractivity contribution in [2.45, 2.75) is 143 Å². The summed E-state index contributed by atoms with van der Waals surface area (Å²) in [6.07, 6.45) is -15.5. The molecular formula is C27H47O15+. The number of fused-ring (bicyclic) bond motifs is 1. The molecule has 42 heavy (non-hydrogen) atoms. The van der Waals surface area contributed by atoms with Crippen LogP contribution in [-0.2, 0) is 18.9 Å². The fraction of sp³-hybridized carbons (Fsp3) is 1.00. The van der Waals surface area contributed by atoms with E-state index < -0.39 is 105 Å². The molecule has 15 heteroatoms. The highest BCUT2D eigenvalue weighted by molar-refractivity contribution is 4.97. The normalized spacial score (nSPS) is 53.9. The van der Waals surface area contributed by atoms with Gasteiger partial charge in [-0.3, -0.25) is 0 Å². The molecule has 15 nitrogen and oxygen atoms in total. The van der Waals surface area contributed by atoms with E-state index in [0.717, 1.165) is 0 Å². The van der Waals surface area contributed by atoms with Crippen molar-refractivity contribution in [2.75, 3.05) is 13.2 Å². The van der Waals surface area contributed by atoms with Crippen LogP contribution in [0.3, 0.4) is 0 Å². The number of rotatable bonds is 7. The van der Waals surface area contributed by atoms with Gasteiger partial charge < -0.3 is 74.7 Å². The highest BCUT2D eigenvalue weighted by atomic mass is 16.8. The van der Waals surface area contributed by atoms with E-state index in [1.54, 1.807) is 0 Å². The fourth-order valence-electron chi connectivity index (χ4n) is 7.25. The number of hydrogen-bond acceptors (Lipinski definition) is 14. The van der Waals surface area contributed by atoms with Crippen molar-refractivity contribution in [3.63, 3.8) is 0 Å². The van der Waals surface area contributed by atoms with Crippen molar-refractivity contribution in [1.82, 2.24) is 0 Å². The van der Waals surface area contributed by atoms with Crippen molar-refractivity contribution < 1.29 is 74.7 Å². The molecule has 5 rings (SSSR count). The van der Waals surface area contributed by atoms with Gasteiger partial charge in [-0.2, -0.15) is 0 Å². The fourth-order valence-corrected chi connectivity index (χ4v) is 7.25. The van der Waals surface area contributed by atoms with Gasteiger partial charge in [0.1, 0.15) is 54.9 Å². The number of aliphatic hydroxyl groups excluding tert-OH is 10. The second-order valence-electron chi connectivity index (χ2n) is 12.6. The average Bonchev–Trinajstić information content (AvgIpc) is 2.97. The molecule has 3 saturated heterocycles. The van der Waals surface area contributed by atoms with Crippen LogP contribution >= 0.6 is 0 Å². The standard InChI is InChI=1S/C27H46O15/c28-8-17-19(33)21(35)23(37)26(40-17)42-25-22(36)20(34)18(9-29)41-27(25)39-16-6-10-1-3-12(30)7-15(10)38-24(16)11-2-4-13(31)14(32)5-11/h10-37H,1-9H2/p+1/t10?,11?,12?,13?,14?,15?,16?,17-,18-,19-,20-,21+,22+,23-,24?,25-,26+,27-/m1/s1. The first-order chi connectivity index (χ1) is 20.0. The number of ether oxygens (including phenoxy) is 5. The number of hydrogen-bond donors (Lipinski definition) is 10. The first-order valence-corrected chi connectivity index (χ1v) is 15.0. The van der Waals surface area contributed by atoms with Crippen LogP contribution in [-0.4, -0.2) is 167 Å². The summed E-state index contributed by atoms with van der Waals surface area (Å²) in [5.74, 6) is -0.0720. The lowest BCUT2D eigenvalue weighted by Crippen LogP contribution is -2.65. The first kappa shape index (κ1) is 32.8. The van der Waals surface area contributed by atoms with Gasteiger partial charge in [0.15, 0.2) is 24.8 Å². The Hall–Kier alpha value is -0.600. The molecule has 18 atom stereocenters. The third kappa shape index (κ3) is 6.66. The van der Waals surface area contributed by atoms with E-state index >= 15 is 0 Å². The smallest absolute Gasteiger partial charge is 0.187 e. The zero-order valence-corrected chi connectivity index (χ0v) is 23.3. The molecule has 0 aromatic carbocycles. The second kappa shape index (κ2) is 13.8. The van der Waals surface area contributed by atoms with Gasteiger partial charge in [0, 0.05) is 18.3 Å². The molecule has 5 aliphatic rings. The summed E-state index contributed by atoms with van der Waals surface area (Å²) in [4.78, 5) is 0. The molecule has 0 aromatic rings. The minimum atomic E-state index is -1.79. The third-order valence-electron chi connectivity index (χ3n) is 9.79. The molecule has 3 heterocycles. The zero-order chi connectivity index (χ0) is 30.3. The maximum absolute atomic E-state index is 11.0. The van der Waals surface area contributed by atoms with E-state index in [9.17, 15) is 51.1 Å². The lowest BCUT2D eigenvalue weighted by atomic mass is 9.73. The molecule has 5 fully saturated rings. The third-order valence-corrected chi connectivity index (χ3v) is 9.79. The predicted molar refractivity (Wildman–Crippen MR) is 138 cm³/mol. The SMILES string of the molecule is OC[C@H]1O[C@@H](O[C@H]2[C@H](OC3CC4CCC(O)CC4[OH+]C3C3CCC(O)C(O)C3)O[C@H](CO)[C@@H](O)[C@@H]2O)[C@H](O)[C@@H](O)[C@@H]1O. The van der Waals surface area contributed by atoms with Crippen molar-refractivity contribution in [1.29, 1.82) is 0 Å². The summed E-state index contributed by atoms with van der Waals surface area (Å²) in [5, 5.41) is 103. The summed E-state index contributed by atoms with van der Waals surface area (Å²) in [6, 6.07) is 0. The van der Waals surface area contributed by atoms with Crippen LogP contribution in [0.2, 0.25) is 0 Å². The first-order valence-electron chi connectivity index (χ1n) is 15.0. The summed E-state index contributed by atoms with van der Waals surface area (Å²) in [5.41, 5.74) is 0. The van der Waals surface area contributed by atoms with Gasteiger partial charge in [0.25, 0.3) is 0 Å². The second-order valence-corrected chi connectivity index (χ2v) is 12.6. The highest BCUT2D eigenvalue weighted by Crippen LogP contribution is 2.42. The van der Waals surface area contributed by atoms with Gasteiger partial charge in [-0.05, 0) is 38.5 Å². The van der Waals surface area contributed by atoms with E-state index in [4.69, 9.17) is 23.7 Å². The minimum Gasteiger partial charge on any atom is -0.427 e. The minimum absolute atomic E-state index is 0.0892. The number of aliphatic hydroxyl groups is 12. The summed E-state index contributed by atoms with van der Waals surface area (Å²) >= 11 is 0. The average molecular weight is 612 g/mol. The van der Waals surface area contributed by atoms with Crippen molar-refractivity contribution in [3.05, 3.63) is 0 Å². The molecule has 8 unspecified atom stereocenters. The predicted octanol–water partition coefficient (Wildman–Crippen LogP) is -4.65. The van der Waals surface area contributed by atoms with E-state index in [1.807, 2.05) is 0 Å². The molecular weight excluding hydrogens is 564 g/mol. The Labute approximate surface area is 243 Å². The summed E-state index contributed by atoms with van der Waals surface area (Å²) in [7, 11) is 0. The topological polar surface area (TPSA) is 252 Å². The van der Waals surface area contributed by atoms with Crippen LogP contribution < -0.4 is 0 Å². The summed E-state index contributed by atoms with van der Waals surface area (Å²) < 4.78 is 28.6. The van der Waals surface area contributed by atoms with Crippen LogP contribution in [0.25, 0.3) is 0 Å². The Kier molecular flexibility index (Phi) is 10.8. The van der Waals surface area contributed by atoms with E-state index in [1.165, 1.54) is 0 Å². The van der Waals surface area contributed by atoms with Gasteiger partial charge in [0.2, 0.25) is 0 Å². The van der Waals surface area contributed by atoms with Gasteiger partial charge >= 0.3 is 0 Å². The van der Waals surface area contributed by atoms with Crippen LogP contribution in [0.15, 0.2) is 0 Å². The van der Waals surface area contributed by atoms with Gasteiger partial charge in [0.05, 0.1) is 31.5 Å². The molecule has 0 bridgehead atoms. The Morgan fingerprint density at radius 1 is 0.595 bits per heavy atom. The van der Waals surface area contributed by atoms with E-state index in [0.29, 0.717) is 38.5 Å². The Morgan fingerprint density at radius 3 is 1.90 bits per heavy atom. The van der Waals surface area contributed by atoms with Gasteiger partial charge in [-0.25, -0.2) is 0 Å². The largest absolute Gasteiger partial charge is 0.427 e. The molecule has 0 amide bonds. The van der Waals surface area contributed by atoms with Crippen LogP contribution in [0.1, 0.15) is 44.9 Å². The maximum Gasteiger partial charge on any atom is 0.187 e. The highest BCUT2D eigenvalue weighted by Gasteiger charge is 2.55. The molecule has 0 spiro atoms. The maximum atomic E-state index is 11.0. The summed E-state index contributed by atoms with van der Waals surface area (Å²) in [6.45, 7) is -1.35. The zero-order valence-electron chi connectivity index (χ0n) is 23.3. The molecule has 11 N–H and O–H groups in total. The van der Waals surface area contributed by atoms with Crippen LogP contribution in [0.4, 0.5) is 0 Å². The molecule has 0 aromatic heterocycles. The molecule has 2 aliphatic carbocycles. The molecule has 0 radical (unpaired) electrons. The van der Waals surface area contributed by atoms with Crippen molar-refractivity contribution in [2.24, 2.45) is 11.8 Å². The quantitative estimate of drug-likeness (QED) is 0.122. The Bertz CT molecular complexity index is 865. The van der Waals surface area contributed by atoms with E-state index in [2.05, 4.69) is 0 Å². The van der Waals surface area contributed by atoms with Crippen LogP contribution in [0, 0.1) is 11.8 Å². The monoisotopic (exact) mass is 611 g/mol. The van der Waals surface area contributed by atoms with Crippen LogP contribution in [0.5, 0.6) is 0 Å². The molecule has 244 valence electrons. The Balaban J connectivity index is 1.38. The van der Waals surface area contributed by atoms with Crippen molar-refractivity contribution >= 4 is 0 Å².